The summed E-state index contributed by atoms with van der Waals surface area (Å²) >= 11 is 5.19. The van der Waals surface area contributed by atoms with Crippen LogP contribution in [0.4, 0.5) is 5.95 Å². The smallest absolute Gasteiger partial charge is 0.225 e. The number of hydrogen-bond donors (Lipinski definition) is 1. The van der Waals surface area contributed by atoms with Gasteiger partial charge >= 0.3 is 0 Å². The van der Waals surface area contributed by atoms with Crippen molar-refractivity contribution in [3.05, 3.63) is 39.3 Å². The first kappa shape index (κ1) is 16.2. The van der Waals surface area contributed by atoms with Gasteiger partial charge in [-0.2, -0.15) is 0 Å². The third-order valence-electron chi connectivity index (χ3n) is 3.70. The molecule has 3 heterocycles. The van der Waals surface area contributed by atoms with Gasteiger partial charge in [0.2, 0.25) is 5.95 Å². The fourth-order valence-electron chi connectivity index (χ4n) is 2.52. The Bertz CT molecular complexity index is 651. The monoisotopic (exact) mass is 394 g/mol. The summed E-state index contributed by atoms with van der Waals surface area (Å²) in [6.45, 7) is 4.40. The minimum absolute atomic E-state index is 0.788. The summed E-state index contributed by atoms with van der Waals surface area (Å²) in [6, 6.07) is 3.98. The van der Waals surface area contributed by atoms with Crippen molar-refractivity contribution in [2.24, 2.45) is 4.99 Å². The zero-order valence-electron chi connectivity index (χ0n) is 12.9. The maximum Gasteiger partial charge on any atom is 0.225 e. The number of guanidine groups is 1. The van der Waals surface area contributed by atoms with Gasteiger partial charge in [0, 0.05) is 52.2 Å². The average molecular weight is 395 g/mol. The van der Waals surface area contributed by atoms with E-state index in [-0.39, 0.29) is 0 Å². The molecule has 0 spiro atoms. The van der Waals surface area contributed by atoms with Gasteiger partial charge in [0.1, 0.15) is 0 Å². The lowest BCUT2D eigenvalue weighted by molar-refractivity contribution is 0.370. The summed E-state index contributed by atoms with van der Waals surface area (Å²) in [4.78, 5) is 17.5. The number of aliphatic imine (C=N–C) groups is 1. The summed E-state index contributed by atoms with van der Waals surface area (Å²) in [5, 5.41) is 5.58. The van der Waals surface area contributed by atoms with Crippen LogP contribution in [-0.2, 0) is 6.54 Å². The Morgan fingerprint density at radius 2 is 2.04 bits per heavy atom. The molecule has 0 bridgehead atoms. The molecule has 0 radical (unpaired) electrons. The van der Waals surface area contributed by atoms with Crippen LogP contribution in [0.2, 0.25) is 0 Å². The summed E-state index contributed by atoms with van der Waals surface area (Å²) in [7, 11) is 1.83. The number of piperazine rings is 1. The number of halogens is 1. The largest absolute Gasteiger partial charge is 0.352 e. The minimum atomic E-state index is 0.788. The molecule has 1 aliphatic rings. The summed E-state index contributed by atoms with van der Waals surface area (Å²) in [5.41, 5.74) is 1.26. The SMILES string of the molecule is CN=C(NCc1csc(Br)c1)N1CCN(c2ncccn2)CC1. The highest BCUT2D eigenvalue weighted by atomic mass is 79.9. The predicted molar refractivity (Wildman–Crippen MR) is 98.0 cm³/mol. The molecule has 1 N–H and O–H groups in total. The number of anilines is 1. The molecule has 1 saturated heterocycles. The van der Waals surface area contributed by atoms with Crippen molar-refractivity contribution in [3.63, 3.8) is 0 Å². The van der Waals surface area contributed by atoms with Crippen LogP contribution in [0, 0.1) is 0 Å². The summed E-state index contributed by atoms with van der Waals surface area (Å²) in [6.07, 6.45) is 3.57. The Morgan fingerprint density at radius 3 is 2.65 bits per heavy atom. The van der Waals surface area contributed by atoms with Crippen LogP contribution < -0.4 is 10.2 Å². The van der Waals surface area contributed by atoms with Gasteiger partial charge in [0.05, 0.1) is 3.79 Å². The Balaban J connectivity index is 1.53. The Hall–Kier alpha value is -1.67. The highest BCUT2D eigenvalue weighted by Crippen LogP contribution is 2.20. The van der Waals surface area contributed by atoms with Crippen LogP contribution in [0.15, 0.2) is 38.7 Å². The molecule has 0 aromatic carbocycles. The van der Waals surface area contributed by atoms with E-state index in [0.29, 0.717) is 0 Å². The van der Waals surface area contributed by atoms with Crippen molar-refractivity contribution in [2.45, 2.75) is 6.54 Å². The number of nitrogens with one attached hydrogen (secondary N) is 1. The Labute approximate surface area is 148 Å². The van der Waals surface area contributed by atoms with Crippen molar-refractivity contribution < 1.29 is 0 Å². The van der Waals surface area contributed by atoms with E-state index in [9.17, 15) is 0 Å². The van der Waals surface area contributed by atoms with Crippen LogP contribution in [0.3, 0.4) is 0 Å². The first-order valence-electron chi connectivity index (χ1n) is 7.47. The molecule has 1 fully saturated rings. The summed E-state index contributed by atoms with van der Waals surface area (Å²) in [5.74, 6) is 1.75. The van der Waals surface area contributed by atoms with Crippen LogP contribution in [-0.4, -0.2) is 54.1 Å². The minimum Gasteiger partial charge on any atom is -0.352 e. The first-order chi connectivity index (χ1) is 11.3. The summed E-state index contributed by atoms with van der Waals surface area (Å²) < 4.78 is 1.15. The van der Waals surface area contributed by atoms with E-state index in [4.69, 9.17) is 0 Å². The first-order valence-corrected chi connectivity index (χ1v) is 9.14. The van der Waals surface area contributed by atoms with E-state index in [0.717, 1.165) is 48.4 Å². The third kappa shape index (κ3) is 4.20. The van der Waals surface area contributed by atoms with Gasteiger partial charge < -0.3 is 15.1 Å². The Kier molecular flexibility index (Phi) is 5.45. The molecule has 0 atom stereocenters. The predicted octanol–water partition coefficient (Wildman–Crippen LogP) is 2.20. The molecule has 0 aliphatic carbocycles. The van der Waals surface area contributed by atoms with Crippen molar-refractivity contribution >= 4 is 39.2 Å². The van der Waals surface area contributed by atoms with E-state index in [1.165, 1.54) is 5.56 Å². The molecule has 2 aromatic heterocycles. The van der Waals surface area contributed by atoms with Crippen LogP contribution in [0.25, 0.3) is 0 Å². The molecule has 1 aliphatic heterocycles. The van der Waals surface area contributed by atoms with Gasteiger partial charge in [-0.05, 0) is 39.0 Å². The second kappa shape index (κ2) is 7.74. The molecular weight excluding hydrogens is 376 g/mol. The molecule has 0 amide bonds. The van der Waals surface area contributed by atoms with E-state index < -0.39 is 0 Å². The molecule has 23 heavy (non-hydrogen) atoms. The normalized spacial score (nSPS) is 15.8. The molecule has 2 aromatic rings. The van der Waals surface area contributed by atoms with Gasteiger partial charge in [0.15, 0.2) is 5.96 Å². The van der Waals surface area contributed by atoms with Gasteiger partial charge in [-0.3, -0.25) is 4.99 Å². The van der Waals surface area contributed by atoms with Crippen molar-refractivity contribution in [1.82, 2.24) is 20.2 Å². The highest BCUT2D eigenvalue weighted by molar-refractivity contribution is 9.11. The van der Waals surface area contributed by atoms with E-state index >= 15 is 0 Å². The number of thiophene rings is 1. The molecule has 0 saturated carbocycles. The van der Waals surface area contributed by atoms with Gasteiger partial charge in [-0.25, -0.2) is 9.97 Å². The van der Waals surface area contributed by atoms with Gasteiger partial charge in [-0.15, -0.1) is 11.3 Å². The number of aromatic nitrogens is 2. The molecule has 122 valence electrons. The van der Waals surface area contributed by atoms with Crippen molar-refractivity contribution in [2.75, 3.05) is 38.1 Å². The number of nitrogens with zero attached hydrogens (tertiary/aromatic N) is 5. The quantitative estimate of drug-likeness (QED) is 0.638. The van der Waals surface area contributed by atoms with E-state index in [2.05, 4.69) is 57.5 Å². The van der Waals surface area contributed by atoms with Crippen LogP contribution in [0.5, 0.6) is 0 Å². The van der Waals surface area contributed by atoms with Crippen molar-refractivity contribution in [3.8, 4) is 0 Å². The second-order valence-corrected chi connectivity index (χ2v) is 7.47. The maximum absolute atomic E-state index is 4.40. The number of rotatable bonds is 3. The lowest BCUT2D eigenvalue weighted by atomic mass is 10.3. The molecule has 3 rings (SSSR count). The lowest BCUT2D eigenvalue weighted by Crippen LogP contribution is -2.52. The van der Waals surface area contributed by atoms with Gasteiger partial charge in [0.25, 0.3) is 0 Å². The van der Waals surface area contributed by atoms with Crippen LogP contribution >= 0.6 is 27.3 Å². The molecule has 8 heteroatoms. The van der Waals surface area contributed by atoms with Crippen molar-refractivity contribution in [1.29, 1.82) is 0 Å². The maximum atomic E-state index is 4.40. The fraction of sp³-hybridized carbons (Fsp3) is 0.400. The zero-order chi connectivity index (χ0) is 16.1. The second-order valence-electron chi connectivity index (χ2n) is 5.18. The Morgan fingerprint density at radius 1 is 1.30 bits per heavy atom. The van der Waals surface area contributed by atoms with Crippen LogP contribution in [0.1, 0.15) is 5.56 Å². The van der Waals surface area contributed by atoms with Gasteiger partial charge in [-0.1, -0.05) is 0 Å². The molecule has 6 nitrogen and oxygen atoms in total. The molecular formula is C15H19BrN6S. The lowest BCUT2D eigenvalue weighted by Gasteiger charge is -2.36. The fourth-order valence-corrected chi connectivity index (χ4v) is 3.73. The van der Waals surface area contributed by atoms with E-state index in [1.54, 1.807) is 23.7 Å². The topological polar surface area (TPSA) is 56.7 Å². The molecule has 0 unspecified atom stereocenters. The number of hydrogen-bond acceptors (Lipinski definition) is 5. The highest BCUT2D eigenvalue weighted by Gasteiger charge is 2.20. The third-order valence-corrected chi connectivity index (χ3v) is 5.25. The van der Waals surface area contributed by atoms with E-state index in [1.807, 2.05) is 13.1 Å². The standard InChI is InChI=1S/C15H19BrN6S/c1-17-14(20-10-12-9-13(16)23-11-12)21-5-7-22(8-6-21)15-18-3-2-4-19-15/h2-4,9,11H,5-8,10H2,1H3,(H,17,20). The average Bonchev–Trinajstić information content (AvgIpc) is 3.02. The zero-order valence-corrected chi connectivity index (χ0v) is 15.3.